The number of nitrogens with one attached hydrogen (secondary N) is 3. The Hall–Kier alpha value is -3.47. The van der Waals surface area contributed by atoms with E-state index in [0.717, 1.165) is 57.1 Å². The molecule has 0 saturated heterocycles. The third-order valence-corrected chi connectivity index (χ3v) is 6.39. The highest BCUT2D eigenvalue weighted by molar-refractivity contribution is 6.03. The van der Waals surface area contributed by atoms with E-state index in [1.165, 1.54) is 6.33 Å². The molecule has 2 fully saturated rings. The van der Waals surface area contributed by atoms with Gasteiger partial charge in [0.05, 0.1) is 18.5 Å². The maximum absolute atomic E-state index is 13.2. The van der Waals surface area contributed by atoms with E-state index in [9.17, 15) is 4.79 Å². The third kappa shape index (κ3) is 5.79. The van der Waals surface area contributed by atoms with Gasteiger partial charge in [0.15, 0.2) is 11.3 Å². The number of nitrogens with zero attached hydrogens (tertiary/aromatic N) is 5. The van der Waals surface area contributed by atoms with E-state index < -0.39 is 0 Å². The average molecular weight is 480 g/mol. The first-order valence-electron chi connectivity index (χ1n) is 12.5. The number of amides is 1. The van der Waals surface area contributed by atoms with E-state index in [1.807, 2.05) is 6.07 Å². The Morgan fingerprint density at radius 1 is 1.06 bits per heavy atom. The molecule has 186 valence electrons. The number of anilines is 3. The summed E-state index contributed by atoms with van der Waals surface area (Å²) in [4.78, 5) is 25.9. The van der Waals surface area contributed by atoms with Crippen LogP contribution in [0.25, 0.3) is 5.65 Å². The summed E-state index contributed by atoms with van der Waals surface area (Å²) in [6.07, 6.45) is 11.1. The molecule has 3 aromatic rings. The van der Waals surface area contributed by atoms with Crippen molar-refractivity contribution in [2.45, 2.75) is 76.4 Å². The van der Waals surface area contributed by atoms with Gasteiger partial charge in [-0.3, -0.25) is 4.79 Å². The lowest BCUT2D eigenvalue weighted by Gasteiger charge is -2.27. The molecule has 11 nitrogen and oxygen atoms in total. The fourth-order valence-electron chi connectivity index (χ4n) is 4.21. The van der Waals surface area contributed by atoms with E-state index in [0.29, 0.717) is 47.5 Å². The minimum Gasteiger partial charge on any atom is -0.478 e. The molecule has 0 spiro atoms. The predicted molar refractivity (Wildman–Crippen MR) is 134 cm³/mol. The summed E-state index contributed by atoms with van der Waals surface area (Å²) in [5.74, 6) is 1.13. The van der Waals surface area contributed by atoms with Crippen molar-refractivity contribution in [3.05, 3.63) is 30.4 Å². The van der Waals surface area contributed by atoms with Crippen molar-refractivity contribution in [3.63, 3.8) is 0 Å². The Morgan fingerprint density at radius 2 is 1.83 bits per heavy atom. The van der Waals surface area contributed by atoms with E-state index in [4.69, 9.17) is 15.6 Å². The van der Waals surface area contributed by atoms with Gasteiger partial charge in [-0.15, -0.1) is 5.10 Å². The van der Waals surface area contributed by atoms with E-state index in [1.54, 1.807) is 16.8 Å². The van der Waals surface area contributed by atoms with Crippen LogP contribution in [0.2, 0.25) is 0 Å². The molecular formula is C24H33N9O2. The van der Waals surface area contributed by atoms with Crippen molar-refractivity contribution >= 4 is 28.9 Å². The minimum absolute atomic E-state index is 0.277. The minimum atomic E-state index is -0.360. The molecule has 0 radical (unpaired) electrons. The zero-order valence-electron chi connectivity index (χ0n) is 20.0. The summed E-state index contributed by atoms with van der Waals surface area (Å²) in [6.45, 7) is 2.66. The largest absolute Gasteiger partial charge is 0.478 e. The highest BCUT2D eigenvalue weighted by atomic mass is 16.5. The van der Waals surface area contributed by atoms with Gasteiger partial charge in [0.2, 0.25) is 5.88 Å². The van der Waals surface area contributed by atoms with Gasteiger partial charge in [-0.2, -0.15) is 0 Å². The number of fused-ring (bicyclic) bond motifs is 1. The van der Waals surface area contributed by atoms with Crippen LogP contribution in [0.1, 0.15) is 68.8 Å². The molecule has 3 heterocycles. The molecule has 0 bridgehead atoms. The number of rotatable bonds is 10. The van der Waals surface area contributed by atoms with Crippen LogP contribution < -0.4 is 26.4 Å². The SMILES string of the molecule is CCCCOc1cc(NC(=O)c2cnc3c(NC4CC4)cc(NC4CCC(N)CC4)nn23)ncn1. The molecule has 2 aliphatic carbocycles. The van der Waals surface area contributed by atoms with Crippen molar-refractivity contribution in [3.8, 4) is 5.88 Å². The lowest BCUT2D eigenvalue weighted by molar-refractivity contribution is 0.102. The number of imidazole rings is 1. The lowest BCUT2D eigenvalue weighted by Crippen LogP contribution is -2.33. The van der Waals surface area contributed by atoms with E-state index >= 15 is 0 Å². The van der Waals surface area contributed by atoms with Gasteiger partial charge in [-0.1, -0.05) is 13.3 Å². The monoisotopic (exact) mass is 479 g/mol. The molecule has 0 unspecified atom stereocenters. The normalized spacial score (nSPS) is 19.9. The zero-order chi connectivity index (χ0) is 24.2. The molecular weight excluding hydrogens is 446 g/mol. The first-order chi connectivity index (χ1) is 17.1. The van der Waals surface area contributed by atoms with Gasteiger partial charge in [0.25, 0.3) is 5.91 Å². The Morgan fingerprint density at radius 3 is 2.60 bits per heavy atom. The number of ether oxygens (including phenoxy) is 1. The van der Waals surface area contributed by atoms with Gasteiger partial charge in [-0.25, -0.2) is 19.5 Å². The molecule has 0 aromatic carbocycles. The lowest BCUT2D eigenvalue weighted by atomic mass is 9.92. The number of aromatic nitrogens is 5. The first kappa shape index (κ1) is 23.3. The van der Waals surface area contributed by atoms with Gasteiger partial charge in [0, 0.05) is 30.3 Å². The summed E-state index contributed by atoms with van der Waals surface area (Å²) in [5.41, 5.74) is 7.87. The fourth-order valence-corrected chi connectivity index (χ4v) is 4.21. The van der Waals surface area contributed by atoms with Gasteiger partial charge < -0.3 is 26.4 Å². The molecule has 3 aromatic heterocycles. The van der Waals surface area contributed by atoms with Crippen LogP contribution in [0.15, 0.2) is 24.7 Å². The van der Waals surface area contributed by atoms with Crippen LogP contribution in [0.5, 0.6) is 5.88 Å². The predicted octanol–water partition coefficient (Wildman–Crippen LogP) is 3.21. The maximum Gasteiger partial charge on any atom is 0.277 e. The Balaban J connectivity index is 1.37. The van der Waals surface area contributed by atoms with E-state index in [2.05, 4.69) is 37.8 Å². The summed E-state index contributed by atoms with van der Waals surface area (Å²) in [5, 5.41) is 14.6. The summed E-state index contributed by atoms with van der Waals surface area (Å²) < 4.78 is 7.22. The second-order valence-corrected chi connectivity index (χ2v) is 9.39. The molecule has 5 rings (SSSR count). The Bertz CT molecular complexity index is 1170. The molecule has 1 amide bonds. The highest BCUT2D eigenvalue weighted by Gasteiger charge is 2.25. The van der Waals surface area contributed by atoms with Crippen LogP contribution in [0.4, 0.5) is 17.3 Å². The van der Waals surface area contributed by atoms with E-state index in [-0.39, 0.29) is 11.9 Å². The Kier molecular flexibility index (Phi) is 6.94. The van der Waals surface area contributed by atoms with Gasteiger partial charge in [0.1, 0.15) is 18.0 Å². The highest BCUT2D eigenvalue weighted by Crippen LogP contribution is 2.29. The number of unbranched alkanes of at least 4 members (excludes halogenated alkanes) is 1. The molecule has 35 heavy (non-hydrogen) atoms. The standard InChI is InChI=1S/C24H33N9O2/c1-2-3-10-35-22-12-20(27-14-28-22)31-24(34)19-13-26-23-18(29-16-8-9-16)11-21(32-33(19)23)30-17-6-4-15(25)5-7-17/h11-17,29H,2-10,25H2,1H3,(H,30,32)(H,27,28,31,34). The second-order valence-electron chi connectivity index (χ2n) is 9.39. The summed E-state index contributed by atoms with van der Waals surface area (Å²) in [7, 11) is 0. The van der Waals surface area contributed by atoms with Crippen LogP contribution in [0.3, 0.4) is 0 Å². The van der Waals surface area contributed by atoms with Crippen molar-refractivity contribution in [1.29, 1.82) is 0 Å². The quantitative estimate of drug-likeness (QED) is 0.322. The zero-order valence-corrected chi connectivity index (χ0v) is 20.0. The van der Waals surface area contributed by atoms with Crippen LogP contribution >= 0.6 is 0 Å². The number of carbonyl (C=O) groups is 1. The summed E-state index contributed by atoms with van der Waals surface area (Å²) >= 11 is 0. The number of hydrogen-bond donors (Lipinski definition) is 4. The fraction of sp³-hybridized carbons (Fsp3) is 0.542. The first-order valence-corrected chi connectivity index (χ1v) is 12.5. The van der Waals surface area contributed by atoms with Crippen molar-refractivity contribution < 1.29 is 9.53 Å². The van der Waals surface area contributed by atoms with Crippen molar-refractivity contribution in [2.75, 3.05) is 22.6 Å². The molecule has 0 atom stereocenters. The van der Waals surface area contributed by atoms with Gasteiger partial charge >= 0.3 is 0 Å². The average Bonchev–Trinajstić information content (AvgIpc) is 3.56. The van der Waals surface area contributed by atoms with Crippen LogP contribution in [-0.2, 0) is 0 Å². The number of hydrogen-bond acceptors (Lipinski definition) is 9. The summed E-state index contributed by atoms with van der Waals surface area (Å²) in [6, 6.07) is 4.62. The third-order valence-electron chi connectivity index (χ3n) is 6.39. The number of nitrogens with two attached hydrogens (primary N) is 1. The van der Waals surface area contributed by atoms with Crippen molar-refractivity contribution in [2.24, 2.45) is 5.73 Å². The van der Waals surface area contributed by atoms with Crippen molar-refractivity contribution in [1.82, 2.24) is 24.6 Å². The molecule has 0 aliphatic heterocycles. The van der Waals surface area contributed by atoms with Gasteiger partial charge in [-0.05, 0) is 44.9 Å². The van der Waals surface area contributed by atoms with Crippen LogP contribution in [0, 0.1) is 0 Å². The second kappa shape index (κ2) is 10.4. The number of carbonyl (C=O) groups excluding carboxylic acids is 1. The molecule has 5 N–H and O–H groups in total. The Labute approximate surface area is 204 Å². The smallest absolute Gasteiger partial charge is 0.277 e. The maximum atomic E-state index is 13.2. The van der Waals surface area contributed by atoms with Crippen LogP contribution in [-0.4, -0.2) is 55.2 Å². The topological polar surface area (TPSA) is 144 Å². The molecule has 11 heteroatoms. The molecule has 2 saturated carbocycles. The molecule has 2 aliphatic rings.